The van der Waals surface area contributed by atoms with Crippen molar-refractivity contribution in [3.63, 3.8) is 0 Å². The summed E-state index contributed by atoms with van der Waals surface area (Å²) in [7, 11) is 1.46. The summed E-state index contributed by atoms with van der Waals surface area (Å²) in [6, 6.07) is 4.51. The Hall–Kier alpha value is -1.55. The highest BCUT2D eigenvalue weighted by Crippen LogP contribution is 2.39. The van der Waals surface area contributed by atoms with Gasteiger partial charge in [0.05, 0.1) is 25.5 Å². The Balaban J connectivity index is 2.49. The van der Waals surface area contributed by atoms with E-state index in [4.69, 9.17) is 9.47 Å². The molecule has 1 aliphatic heterocycles. The van der Waals surface area contributed by atoms with E-state index in [1.807, 2.05) is 0 Å². The van der Waals surface area contributed by atoms with Gasteiger partial charge >= 0.3 is 0 Å². The van der Waals surface area contributed by atoms with Crippen molar-refractivity contribution in [2.45, 2.75) is 25.4 Å². The van der Waals surface area contributed by atoms with Crippen LogP contribution in [0, 0.1) is 5.82 Å². The smallest absolute Gasteiger partial charge is 0.133 e. The first-order valence-electron chi connectivity index (χ1n) is 5.94. The van der Waals surface area contributed by atoms with E-state index in [0.29, 0.717) is 24.4 Å². The summed E-state index contributed by atoms with van der Waals surface area (Å²) in [5.74, 6) is -0.141. The van der Waals surface area contributed by atoms with E-state index in [1.165, 1.54) is 19.4 Å². The van der Waals surface area contributed by atoms with Crippen molar-refractivity contribution < 1.29 is 19.0 Å². The molecule has 0 aromatic heterocycles. The minimum atomic E-state index is -1.42. The first-order chi connectivity index (χ1) is 8.57. The molecule has 1 atom stereocenters. The van der Waals surface area contributed by atoms with Crippen LogP contribution < -0.4 is 4.74 Å². The molecular weight excluding hydrogens is 235 g/mol. The molecule has 3 nitrogen and oxygen atoms in total. The van der Waals surface area contributed by atoms with Gasteiger partial charge in [-0.1, -0.05) is 6.07 Å². The Morgan fingerprint density at radius 2 is 2.22 bits per heavy atom. The molecule has 0 bridgehead atoms. The lowest BCUT2D eigenvalue weighted by atomic mass is 9.84. The molecule has 1 N–H and O–H groups in total. The minimum Gasteiger partial charge on any atom is -0.501 e. The second-order valence-electron chi connectivity index (χ2n) is 4.51. The van der Waals surface area contributed by atoms with Gasteiger partial charge in [0, 0.05) is 5.57 Å². The van der Waals surface area contributed by atoms with Crippen LogP contribution in [0.5, 0.6) is 5.75 Å². The molecule has 0 fully saturated rings. The topological polar surface area (TPSA) is 38.7 Å². The lowest BCUT2D eigenvalue weighted by Crippen LogP contribution is -2.28. The molecule has 0 radical (unpaired) electrons. The van der Waals surface area contributed by atoms with Gasteiger partial charge in [0.1, 0.15) is 17.2 Å². The van der Waals surface area contributed by atoms with Crippen LogP contribution >= 0.6 is 0 Å². The number of aliphatic hydroxyl groups is 1. The monoisotopic (exact) mass is 252 g/mol. The molecule has 4 heteroatoms. The molecule has 2 rings (SSSR count). The van der Waals surface area contributed by atoms with Crippen LogP contribution in [0.15, 0.2) is 30.0 Å². The molecule has 0 spiro atoms. The van der Waals surface area contributed by atoms with E-state index < -0.39 is 11.4 Å². The van der Waals surface area contributed by atoms with E-state index in [2.05, 4.69) is 0 Å². The number of benzene rings is 1. The lowest BCUT2D eigenvalue weighted by molar-refractivity contribution is 0.0722. The molecule has 98 valence electrons. The van der Waals surface area contributed by atoms with Crippen LogP contribution in [-0.2, 0) is 10.3 Å². The van der Waals surface area contributed by atoms with Gasteiger partial charge < -0.3 is 14.6 Å². The first-order valence-corrected chi connectivity index (χ1v) is 5.94. The normalized spacial score (nSPS) is 18.6. The number of hydrogen-bond donors (Lipinski definition) is 1. The fraction of sp³-hybridized carbons (Fsp3) is 0.429. The highest BCUT2D eigenvalue weighted by atomic mass is 19.1. The van der Waals surface area contributed by atoms with Crippen LogP contribution in [-0.4, -0.2) is 18.8 Å². The lowest BCUT2D eigenvalue weighted by Gasteiger charge is -2.30. The van der Waals surface area contributed by atoms with Crippen molar-refractivity contribution in [2.24, 2.45) is 0 Å². The average molecular weight is 252 g/mol. The number of halogens is 1. The molecule has 0 amide bonds. The van der Waals surface area contributed by atoms with Gasteiger partial charge in [-0.15, -0.1) is 0 Å². The van der Waals surface area contributed by atoms with Crippen molar-refractivity contribution in [3.8, 4) is 5.75 Å². The highest BCUT2D eigenvalue weighted by molar-refractivity contribution is 5.43. The summed E-state index contributed by atoms with van der Waals surface area (Å²) in [6.45, 7) is 2.20. The van der Waals surface area contributed by atoms with Gasteiger partial charge in [-0.2, -0.15) is 0 Å². The first kappa shape index (κ1) is 12.9. The molecule has 0 aliphatic carbocycles. The van der Waals surface area contributed by atoms with Crippen molar-refractivity contribution in [1.29, 1.82) is 0 Å². The van der Waals surface area contributed by atoms with Crippen LogP contribution in [0.25, 0.3) is 0 Å². The molecule has 0 saturated heterocycles. The van der Waals surface area contributed by atoms with Crippen molar-refractivity contribution in [3.05, 3.63) is 41.4 Å². The zero-order valence-corrected chi connectivity index (χ0v) is 10.6. The van der Waals surface area contributed by atoms with Crippen LogP contribution in [0.1, 0.15) is 25.3 Å². The Morgan fingerprint density at radius 3 is 2.83 bits per heavy atom. The van der Waals surface area contributed by atoms with Crippen LogP contribution in [0.2, 0.25) is 0 Å². The number of methoxy groups -OCH3 is 1. The van der Waals surface area contributed by atoms with E-state index in [-0.39, 0.29) is 5.56 Å². The molecule has 1 aromatic carbocycles. The average Bonchev–Trinajstić information content (AvgIpc) is 2.39. The quantitative estimate of drug-likeness (QED) is 0.899. The number of hydrogen-bond acceptors (Lipinski definition) is 3. The Kier molecular flexibility index (Phi) is 3.57. The standard InChI is InChI=1S/C14H17FO3/c1-14(16,10-5-4-8-18-9-10)13-11(15)6-3-7-12(13)17-2/h3,6-7,9,16H,4-5,8H2,1-2H3. The third-order valence-electron chi connectivity index (χ3n) is 3.24. The SMILES string of the molecule is COc1cccc(F)c1C(C)(O)C1=COCCC1. The maximum Gasteiger partial charge on any atom is 0.133 e. The second-order valence-corrected chi connectivity index (χ2v) is 4.51. The summed E-state index contributed by atoms with van der Waals surface area (Å²) < 4.78 is 24.3. The fourth-order valence-corrected chi connectivity index (χ4v) is 2.23. The largest absolute Gasteiger partial charge is 0.501 e. The van der Waals surface area contributed by atoms with Crippen LogP contribution in [0.4, 0.5) is 4.39 Å². The number of ether oxygens (including phenoxy) is 2. The molecule has 1 heterocycles. The molecule has 1 aromatic rings. The fourth-order valence-electron chi connectivity index (χ4n) is 2.23. The Bertz CT molecular complexity index is 466. The highest BCUT2D eigenvalue weighted by Gasteiger charge is 2.35. The maximum absolute atomic E-state index is 14.0. The van der Waals surface area contributed by atoms with Gasteiger partial charge in [-0.25, -0.2) is 4.39 Å². The molecule has 18 heavy (non-hydrogen) atoms. The molecule has 1 aliphatic rings. The summed E-state index contributed by atoms with van der Waals surface area (Å²) in [5, 5.41) is 10.6. The molecule has 0 saturated carbocycles. The third-order valence-corrected chi connectivity index (χ3v) is 3.24. The zero-order valence-electron chi connectivity index (χ0n) is 10.6. The zero-order chi connectivity index (χ0) is 13.2. The molecule has 1 unspecified atom stereocenters. The van der Waals surface area contributed by atoms with Gasteiger partial charge in [-0.05, 0) is 31.9 Å². The summed E-state index contributed by atoms with van der Waals surface area (Å²) in [6.07, 6.45) is 3.03. The molecular formula is C14H17FO3. The van der Waals surface area contributed by atoms with Crippen molar-refractivity contribution in [2.75, 3.05) is 13.7 Å². The van der Waals surface area contributed by atoms with Gasteiger partial charge in [0.2, 0.25) is 0 Å². The Labute approximate surface area is 106 Å². The number of rotatable bonds is 3. The predicted octanol–water partition coefficient (Wildman–Crippen LogP) is 2.74. The van der Waals surface area contributed by atoms with Gasteiger partial charge in [-0.3, -0.25) is 0 Å². The van der Waals surface area contributed by atoms with E-state index in [1.54, 1.807) is 19.1 Å². The third kappa shape index (κ3) is 2.20. The second kappa shape index (κ2) is 4.98. The Morgan fingerprint density at radius 1 is 1.44 bits per heavy atom. The van der Waals surface area contributed by atoms with Crippen molar-refractivity contribution in [1.82, 2.24) is 0 Å². The summed E-state index contributed by atoms with van der Waals surface area (Å²) >= 11 is 0. The van der Waals surface area contributed by atoms with E-state index in [0.717, 1.165) is 6.42 Å². The van der Waals surface area contributed by atoms with Crippen LogP contribution in [0.3, 0.4) is 0 Å². The van der Waals surface area contributed by atoms with Gasteiger partial charge in [0.25, 0.3) is 0 Å². The summed E-state index contributed by atoms with van der Waals surface area (Å²) in [5.41, 5.74) is -0.599. The van der Waals surface area contributed by atoms with Gasteiger partial charge in [0.15, 0.2) is 0 Å². The predicted molar refractivity (Wildman–Crippen MR) is 65.8 cm³/mol. The van der Waals surface area contributed by atoms with E-state index >= 15 is 0 Å². The maximum atomic E-state index is 14.0. The minimum absolute atomic E-state index is 0.157. The summed E-state index contributed by atoms with van der Waals surface area (Å²) in [4.78, 5) is 0. The van der Waals surface area contributed by atoms with Crippen molar-refractivity contribution >= 4 is 0 Å². The van der Waals surface area contributed by atoms with E-state index in [9.17, 15) is 9.50 Å².